The minimum atomic E-state index is -0.423. The summed E-state index contributed by atoms with van der Waals surface area (Å²) >= 11 is 0. The van der Waals surface area contributed by atoms with Gasteiger partial charge in [0.05, 0.1) is 19.8 Å². The van der Waals surface area contributed by atoms with E-state index in [0.717, 1.165) is 58.8 Å². The first-order valence-corrected chi connectivity index (χ1v) is 9.52. The molecule has 3 amide bonds. The number of nitrogens with one attached hydrogen (secondary N) is 2. The summed E-state index contributed by atoms with van der Waals surface area (Å²) in [5.74, 6) is 0.225. The van der Waals surface area contributed by atoms with Gasteiger partial charge < -0.3 is 29.9 Å². The van der Waals surface area contributed by atoms with Gasteiger partial charge >= 0.3 is 6.03 Å². The number of hydrogen-bond acceptors (Lipinski definition) is 8. The number of hydrogen-bond donors (Lipinski definition) is 3. The van der Waals surface area contributed by atoms with Crippen molar-refractivity contribution < 1.29 is 28.8 Å². The number of morpholine rings is 1. The fourth-order valence-corrected chi connectivity index (χ4v) is 3.34. The number of nitrogens with zero attached hydrogens (tertiary/aromatic N) is 4. The van der Waals surface area contributed by atoms with Crippen LogP contribution < -0.4 is 10.6 Å². The molecule has 29 heavy (non-hydrogen) atoms. The molecule has 1 aromatic heterocycles. The molecule has 0 saturated carbocycles. The molecule has 162 valence electrons. The molecule has 0 bridgehead atoms. The largest absolute Gasteiger partial charge is 0.483 e. The first-order valence-electron chi connectivity index (χ1n) is 9.52. The summed E-state index contributed by atoms with van der Waals surface area (Å²) < 4.78 is 10.4. The molecule has 3 N–H and O–H groups in total. The van der Waals surface area contributed by atoms with Crippen LogP contribution in [0.1, 0.15) is 29.4 Å². The lowest BCUT2D eigenvalue weighted by Crippen LogP contribution is -2.48. The fourth-order valence-electron chi connectivity index (χ4n) is 3.34. The number of piperidine rings is 1. The Morgan fingerprint density at radius 2 is 2.03 bits per heavy atom. The van der Waals surface area contributed by atoms with Gasteiger partial charge in [0.2, 0.25) is 5.89 Å². The molecule has 12 heteroatoms. The Bertz CT molecular complexity index is 663. The summed E-state index contributed by atoms with van der Waals surface area (Å²) in [5.41, 5.74) is 0. The number of carboxylic acid groups (broad SMARTS) is 1. The third-order valence-electron chi connectivity index (χ3n) is 4.72. The molecule has 1 atom stereocenters. The van der Waals surface area contributed by atoms with Crippen LogP contribution in [0.3, 0.4) is 0 Å². The molecular weight excluding hydrogens is 384 g/mol. The van der Waals surface area contributed by atoms with Gasteiger partial charge in [-0.2, -0.15) is 4.98 Å². The van der Waals surface area contributed by atoms with Gasteiger partial charge in [-0.15, -0.1) is 0 Å². The average molecular weight is 412 g/mol. The lowest BCUT2D eigenvalue weighted by molar-refractivity contribution is -0.122. The minimum Gasteiger partial charge on any atom is -0.483 e. The van der Waals surface area contributed by atoms with E-state index in [4.69, 9.17) is 19.2 Å². The van der Waals surface area contributed by atoms with Crippen LogP contribution in [-0.2, 0) is 16.1 Å². The maximum absolute atomic E-state index is 12.4. The minimum absolute atomic E-state index is 0.0414. The van der Waals surface area contributed by atoms with E-state index in [1.807, 2.05) is 4.90 Å². The van der Waals surface area contributed by atoms with Crippen molar-refractivity contribution >= 4 is 18.4 Å². The quantitative estimate of drug-likeness (QED) is 0.538. The van der Waals surface area contributed by atoms with E-state index >= 15 is 0 Å². The Hall–Kier alpha value is -2.73. The summed E-state index contributed by atoms with van der Waals surface area (Å²) in [6.07, 6.45) is 2.14. The average Bonchev–Trinajstić information content (AvgIpc) is 3.22. The first-order chi connectivity index (χ1) is 14.1. The van der Waals surface area contributed by atoms with Gasteiger partial charge in [-0.3, -0.25) is 14.5 Å². The number of aromatic nitrogens is 2. The monoisotopic (exact) mass is 412 g/mol. The maximum Gasteiger partial charge on any atom is 0.317 e. The molecule has 2 aliphatic heterocycles. The summed E-state index contributed by atoms with van der Waals surface area (Å²) in [4.78, 5) is 40.4. The van der Waals surface area contributed by atoms with Crippen molar-refractivity contribution in [3.8, 4) is 0 Å². The number of likely N-dealkylation sites (tertiary alicyclic amines) is 1. The summed E-state index contributed by atoms with van der Waals surface area (Å²) in [7, 11) is 1.49. The van der Waals surface area contributed by atoms with Gasteiger partial charge in [0.1, 0.15) is 0 Å². The first kappa shape index (κ1) is 22.6. The molecule has 12 nitrogen and oxygen atoms in total. The third-order valence-corrected chi connectivity index (χ3v) is 4.72. The predicted molar refractivity (Wildman–Crippen MR) is 100 cm³/mol. The number of ether oxygens (including phenoxy) is 1. The molecule has 2 saturated heterocycles. The van der Waals surface area contributed by atoms with E-state index in [-0.39, 0.29) is 30.8 Å². The summed E-state index contributed by atoms with van der Waals surface area (Å²) in [5, 5.41) is 15.7. The Morgan fingerprint density at radius 1 is 1.31 bits per heavy atom. The van der Waals surface area contributed by atoms with E-state index in [1.54, 1.807) is 0 Å². The van der Waals surface area contributed by atoms with Gasteiger partial charge in [0, 0.05) is 39.8 Å². The van der Waals surface area contributed by atoms with Crippen LogP contribution in [-0.4, -0.2) is 96.4 Å². The SMILES string of the molecule is CNC(=O)c1noc(CNC(=O)N2CCCC(CN3CCOCC3)C2)n1.O=CO. The van der Waals surface area contributed by atoms with E-state index in [1.165, 1.54) is 7.05 Å². The standard InChI is InChI=1S/C16H26N6O4.CH2O2/c1-17-15(23)14-19-13(26-20-14)9-18-16(24)22-4-2-3-12(11-22)10-21-5-7-25-8-6-21;2-1-3/h12H,2-11H2,1H3,(H,17,23)(H,18,24);1H,(H,2,3). The number of urea groups is 1. The Labute approximate surface area is 168 Å². The van der Waals surface area contributed by atoms with Crippen LogP contribution in [0.5, 0.6) is 0 Å². The van der Waals surface area contributed by atoms with Gasteiger partial charge in [-0.05, 0) is 18.8 Å². The highest BCUT2D eigenvalue weighted by Crippen LogP contribution is 2.18. The number of carbonyl (C=O) groups excluding carboxylic acids is 2. The zero-order valence-electron chi connectivity index (χ0n) is 16.5. The second-order valence-electron chi connectivity index (χ2n) is 6.72. The van der Waals surface area contributed by atoms with E-state index in [2.05, 4.69) is 25.7 Å². The Kier molecular flexibility index (Phi) is 9.31. The highest BCUT2D eigenvalue weighted by molar-refractivity contribution is 5.89. The van der Waals surface area contributed by atoms with Gasteiger partial charge in [-0.1, -0.05) is 5.16 Å². The molecule has 1 aromatic rings. The van der Waals surface area contributed by atoms with E-state index in [9.17, 15) is 9.59 Å². The molecule has 0 radical (unpaired) electrons. The molecule has 2 aliphatic rings. The van der Waals surface area contributed by atoms with Crippen molar-refractivity contribution in [3.63, 3.8) is 0 Å². The van der Waals surface area contributed by atoms with Crippen LogP contribution in [0, 0.1) is 5.92 Å². The predicted octanol–water partition coefficient (Wildman–Crippen LogP) is -0.616. The Morgan fingerprint density at radius 3 is 2.72 bits per heavy atom. The van der Waals surface area contributed by atoms with Crippen LogP contribution >= 0.6 is 0 Å². The molecular formula is C17H28N6O6. The van der Waals surface area contributed by atoms with Crippen LogP contribution in [0.15, 0.2) is 4.52 Å². The molecule has 3 heterocycles. The van der Waals surface area contributed by atoms with Crippen molar-refractivity contribution in [2.75, 3.05) is 53.0 Å². The highest BCUT2D eigenvalue weighted by Gasteiger charge is 2.26. The summed E-state index contributed by atoms with van der Waals surface area (Å²) in [6.45, 7) is 5.87. The number of carbonyl (C=O) groups is 3. The Balaban J connectivity index is 0.000000941. The van der Waals surface area contributed by atoms with Crippen molar-refractivity contribution in [1.82, 2.24) is 30.6 Å². The smallest absolute Gasteiger partial charge is 0.317 e. The number of rotatable bonds is 5. The van der Waals surface area contributed by atoms with Gasteiger partial charge in [-0.25, -0.2) is 4.79 Å². The van der Waals surface area contributed by atoms with Crippen molar-refractivity contribution in [1.29, 1.82) is 0 Å². The van der Waals surface area contributed by atoms with Crippen LogP contribution in [0.4, 0.5) is 4.79 Å². The van der Waals surface area contributed by atoms with Crippen molar-refractivity contribution in [2.45, 2.75) is 19.4 Å². The molecule has 0 aromatic carbocycles. The zero-order chi connectivity index (χ0) is 21.1. The topological polar surface area (TPSA) is 150 Å². The molecule has 0 spiro atoms. The lowest BCUT2D eigenvalue weighted by Gasteiger charge is -2.36. The highest BCUT2D eigenvalue weighted by atomic mass is 16.5. The van der Waals surface area contributed by atoms with E-state index < -0.39 is 5.91 Å². The molecule has 2 fully saturated rings. The third kappa shape index (κ3) is 7.31. The molecule has 1 unspecified atom stereocenters. The van der Waals surface area contributed by atoms with Crippen molar-refractivity contribution in [2.24, 2.45) is 5.92 Å². The van der Waals surface area contributed by atoms with Gasteiger partial charge in [0.25, 0.3) is 18.2 Å². The number of amides is 3. The maximum atomic E-state index is 12.4. The van der Waals surface area contributed by atoms with Crippen molar-refractivity contribution in [3.05, 3.63) is 11.7 Å². The zero-order valence-corrected chi connectivity index (χ0v) is 16.5. The van der Waals surface area contributed by atoms with Crippen LogP contribution in [0.25, 0.3) is 0 Å². The molecule has 3 rings (SSSR count). The lowest BCUT2D eigenvalue weighted by atomic mass is 9.97. The normalized spacial score (nSPS) is 19.6. The second-order valence-corrected chi connectivity index (χ2v) is 6.72. The summed E-state index contributed by atoms with van der Waals surface area (Å²) in [6, 6.07) is -0.142. The van der Waals surface area contributed by atoms with Gasteiger partial charge in [0.15, 0.2) is 0 Å². The fraction of sp³-hybridized carbons (Fsp3) is 0.706. The van der Waals surface area contributed by atoms with E-state index in [0.29, 0.717) is 5.92 Å². The van der Waals surface area contributed by atoms with Crippen LogP contribution in [0.2, 0.25) is 0 Å². The second kappa shape index (κ2) is 12.0. The molecule has 0 aliphatic carbocycles.